The fourth-order valence-electron chi connectivity index (χ4n) is 2.39. The van der Waals surface area contributed by atoms with Crippen LogP contribution in [-0.4, -0.2) is 27.4 Å². The molecule has 6 nitrogen and oxygen atoms in total. The molecule has 124 valence electrons. The number of nitrogens with zero attached hydrogens (tertiary/aromatic N) is 3. The van der Waals surface area contributed by atoms with Crippen molar-refractivity contribution in [3.05, 3.63) is 59.5 Å². The van der Waals surface area contributed by atoms with E-state index in [0.29, 0.717) is 18.0 Å². The lowest BCUT2D eigenvalue weighted by Gasteiger charge is -2.05. The quantitative estimate of drug-likeness (QED) is 0.708. The topological polar surface area (TPSA) is 73.0 Å². The smallest absolute Gasteiger partial charge is 0.273 e. The van der Waals surface area contributed by atoms with Crippen LogP contribution in [0.2, 0.25) is 0 Å². The molecule has 0 aliphatic heterocycles. The summed E-state index contributed by atoms with van der Waals surface area (Å²) in [5.74, 6) is 0.363. The summed E-state index contributed by atoms with van der Waals surface area (Å²) < 4.78 is 7.18. The maximum Gasteiger partial charge on any atom is 0.273 e. The molecule has 0 aliphatic rings. The van der Waals surface area contributed by atoms with Crippen LogP contribution >= 0.6 is 0 Å². The van der Waals surface area contributed by atoms with Gasteiger partial charge in [-0.3, -0.25) is 9.48 Å². The number of hydrogen-bond donors (Lipinski definition) is 1. The standard InChI is InChI=1S/C18H20N4O2/c1-13-4-6-15(7-5-13)17-12-16(21-24-17)18(23)19-9-3-11-22-14(2)8-10-20-22/h4-8,10,12H,3,9,11H2,1-2H3,(H,19,23). The van der Waals surface area contributed by atoms with E-state index in [9.17, 15) is 4.79 Å². The average Bonchev–Trinajstić information content (AvgIpc) is 3.22. The lowest BCUT2D eigenvalue weighted by atomic mass is 10.1. The van der Waals surface area contributed by atoms with E-state index in [4.69, 9.17) is 4.52 Å². The molecule has 3 rings (SSSR count). The lowest BCUT2D eigenvalue weighted by molar-refractivity contribution is 0.0943. The van der Waals surface area contributed by atoms with Crippen LogP contribution in [0.5, 0.6) is 0 Å². The number of amides is 1. The molecule has 0 saturated heterocycles. The largest absolute Gasteiger partial charge is 0.355 e. The second kappa shape index (κ2) is 7.12. The van der Waals surface area contributed by atoms with Gasteiger partial charge in [0.2, 0.25) is 0 Å². The Morgan fingerprint density at radius 3 is 2.71 bits per heavy atom. The van der Waals surface area contributed by atoms with Crippen LogP contribution in [0.15, 0.2) is 47.1 Å². The van der Waals surface area contributed by atoms with Crippen molar-refractivity contribution in [1.29, 1.82) is 0 Å². The van der Waals surface area contributed by atoms with Crippen molar-refractivity contribution in [2.75, 3.05) is 6.54 Å². The van der Waals surface area contributed by atoms with Gasteiger partial charge in [-0.15, -0.1) is 0 Å². The third-order valence-electron chi connectivity index (χ3n) is 3.84. The maximum atomic E-state index is 12.1. The summed E-state index contributed by atoms with van der Waals surface area (Å²) in [6.45, 7) is 5.36. The predicted molar refractivity (Wildman–Crippen MR) is 90.6 cm³/mol. The van der Waals surface area contributed by atoms with Gasteiger partial charge in [0.05, 0.1) is 0 Å². The van der Waals surface area contributed by atoms with Gasteiger partial charge in [-0.2, -0.15) is 5.10 Å². The van der Waals surface area contributed by atoms with E-state index in [2.05, 4.69) is 15.6 Å². The van der Waals surface area contributed by atoms with Gasteiger partial charge >= 0.3 is 0 Å². The van der Waals surface area contributed by atoms with Gasteiger partial charge in [-0.05, 0) is 26.3 Å². The lowest BCUT2D eigenvalue weighted by Crippen LogP contribution is -2.25. The van der Waals surface area contributed by atoms with Crippen molar-refractivity contribution in [1.82, 2.24) is 20.3 Å². The van der Waals surface area contributed by atoms with Gasteiger partial charge < -0.3 is 9.84 Å². The molecule has 0 unspecified atom stereocenters. The number of aryl methyl sites for hydroxylation is 3. The van der Waals surface area contributed by atoms with Crippen LogP contribution < -0.4 is 5.32 Å². The zero-order valence-corrected chi connectivity index (χ0v) is 13.8. The molecular formula is C18H20N4O2. The van der Waals surface area contributed by atoms with E-state index in [1.807, 2.05) is 48.9 Å². The predicted octanol–water partition coefficient (Wildman–Crippen LogP) is 2.98. The molecule has 0 atom stereocenters. The Balaban J connectivity index is 1.52. The number of aromatic nitrogens is 3. The van der Waals surface area contributed by atoms with Gasteiger partial charge in [-0.25, -0.2) is 0 Å². The van der Waals surface area contributed by atoms with E-state index >= 15 is 0 Å². The minimum atomic E-state index is -0.228. The van der Waals surface area contributed by atoms with Crippen molar-refractivity contribution < 1.29 is 9.32 Å². The summed E-state index contributed by atoms with van der Waals surface area (Å²) in [4.78, 5) is 12.1. The van der Waals surface area contributed by atoms with Crippen LogP contribution in [0.1, 0.15) is 28.2 Å². The van der Waals surface area contributed by atoms with Gasteiger partial charge in [-0.1, -0.05) is 35.0 Å². The Labute approximate surface area is 140 Å². The first-order valence-corrected chi connectivity index (χ1v) is 7.94. The molecule has 2 aromatic heterocycles. The zero-order valence-electron chi connectivity index (χ0n) is 13.8. The number of nitrogens with one attached hydrogen (secondary N) is 1. The van der Waals surface area contributed by atoms with Crippen LogP contribution in [0.25, 0.3) is 11.3 Å². The van der Waals surface area contributed by atoms with Gasteiger partial charge in [0.1, 0.15) is 0 Å². The van der Waals surface area contributed by atoms with E-state index in [1.165, 1.54) is 5.56 Å². The normalized spacial score (nSPS) is 10.8. The Kier molecular flexibility index (Phi) is 4.74. The SMILES string of the molecule is Cc1ccc(-c2cc(C(=O)NCCCn3nccc3C)no2)cc1. The molecule has 0 bridgehead atoms. The molecule has 3 aromatic rings. The number of hydrogen-bond acceptors (Lipinski definition) is 4. The van der Waals surface area contributed by atoms with Crippen molar-refractivity contribution in [3.63, 3.8) is 0 Å². The minimum absolute atomic E-state index is 0.228. The zero-order chi connectivity index (χ0) is 16.9. The molecule has 1 N–H and O–H groups in total. The summed E-state index contributed by atoms with van der Waals surface area (Å²) in [5, 5.41) is 10.9. The highest BCUT2D eigenvalue weighted by atomic mass is 16.5. The molecule has 0 spiro atoms. The van der Waals surface area contributed by atoms with Gasteiger partial charge in [0, 0.05) is 36.6 Å². The monoisotopic (exact) mass is 324 g/mol. The van der Waals surface area contributed by atoms with Gasteiger partial charge in [0.25, 0.3) is 5.91 Å². The van der Waals surface area contributed by atoms with E-state index in [-0.39, 0.29) is 5.91 Å². The third-order valence-corrected chi connectivity index (χ3v) is 3.84. The fraction of sp³-hybridized carbons (Fsp3) is 0.278. The molecule has 24 heavy (non-hydrogen) atoms. The Morgan fingerprint density at radius 2 is 2.00 bits per heavy atom. The first kappa shape index (κ1) is 16.0. The Hall–Kier alpha value is -2.89. The van der Waals surface area contributed by atoms with Crippen LogP contribution in [0.3, 0.4) is 0 Å². The molecule has 1 amide bonds. The number of rotatable bonds is 6. The highest BCUT2D eigenvalue weighted by Crippen LogP contribution is 2.20. The Bertz CT molecular complexity index is 818. The second-order valence-corrected chi connectivity index (χ2v) is 5.75. The Morgan fingerprint density at radius 1 is 1.21 bits per heavy atom. The van der Waals surface area contributed by atoms with Crippen molar-refractivity contribution in [2.45, 2.75) is 26.8 Å². The first-order chi connectivity index (χ1) is 11.6. The molecule has 2 heterocycles. The number of carbonyl (C=O) groups is 1. The summed E-state index contributed by atoms with van der Waals surface area (Å²) in [6, 6.07) is 11.5. The summed E-state index contributed by atoms with van der Waals surface area (Å²) in [7, 11) is 0. The van der Waals surface area contributed by atoms with E-state index < -0.39 is 0 Å². The third kappa shape index (κ3) is 3.71. The van der Waals surface area contributed by atoms with E-state index in [1.54, 1.807) is 12.3 Å². The molecular weight excluding hydrogens is 304 g/mol. The average molecular weight is 324 g/mol. The highest BCUT2D eigenvalue weighted by molar-refractivity contribution is 5.93. The maximum absolute atomic E-state index is 12.1. The second-order valence-electron chi connectivity index (χ2n) is 5.75. The molecule has 6 heteroatoms. The van der Waals surface area contributed by atoms with Crippen molar-refractivity contribution in [2.24, 2.45) is 0 Å². The summed E-state index contributed by atoms with van der Waals surface area (Å²) >= 11 is 0. The molecule has 1 aromatic carbocycles. The van der Waals surface area contributed by atoms with Gasteiger partial charge in [0.15, 0.2) is 11.5 Å². The minimum Gasteiger partial charge on any atom is -0.355 e. The van der Waals surface area contributed by atoms with Crippen LogP contribution in [0, 0.1) is 13.8 Å². The molecule has 0 aliphatic carbocycles. The van der Waals surface area contributed by atoms with Crippen LogP contribution in [0.4, 0.5) is 0 Å². The summed E-state index contributed by atoms with van der Waals surface area (Å²) in [5.41, 5.74) is 3.48. The molecule has 0 radical (unpaired) electrons. The molecule has 0 saturated carbocycles. The fourth-order valence-corrected chi connectivity index (χ4v) is 2.39. The van der Waals surface area contributed by atoms with E-state index in [0.717, 1.165) is 24.2 Å². The summed E-state index contributed by atoms with van der Waals surface area (Å²) in [6.07, 6.45) is 2.58. The van der Waals surface area contributed by atoms with Crippen molar-refractivity contribution in [3.8, 4) is 11.3 Å². The molecule has 0 fully saturated rings. The number of carbonyl (C=O) groups excluding carboxylic acids is 1. The first-order valence-electron chi connectivity index (χ1n) is 7.94. The highest BCUT2D eigenvalue weighted by Gasteiger charge is 2.13. The van der Waals surface area contributed by atoms with Crippen LogP contribution in [-0.2, 0) is 6.54 Å². The van der Waals surface area contributed by atoms with Crippen molar-refractivity contribution >= 4 is 5.91 Å². The number of benzene rings is 1.